The molecule has 3 heteroatoms. The number of aromatic nitrogens is 1. The molecule has 0 radical (unpaired) electrons. The van der Waals surface area contributed by atoms with Crippen molar-refractivity contribution in [3.05, 3.63) is 114 Å². The number of fused-ring (bicyclic) bond motifs is 3. The molecule has 4 aromatic carbocycles. The zero-order chi connectivity index (χ0) is 27.3. The molecular weight excluding hydrogens is 481 g/mol. The van der Waals surface area contributed by atoms with Crippen LogP contribution in [0.25, 0.3) is 55.4 Å². The number of nitrogens with zero attached hydrogens (tertiary/aromatic N) is 1. The highest BCUT2D eigenvalue weighted by molar-refractivity contribution is 6.10. The molecule has 6 aromatic rings. The maximum Gasteiger partial charge on any atom is 0.216 e. The van der Waals surface area contributed by atoms with E-state index in [2.05, 4.69) is 98.3 Å². The van der Waals surface area contributed by atoms with Crippen molar-refractivity contribution in [1.29, 1.82) is 0 Å². The second-order valence-electron chi connectivity index (χ2n) is 11.8. The van der Waals surface area contributed by atoms with Crippen molar-refractivity contribution in [3.8, 4) is 33.5 Å². The van der Waals surface area contributed by atoms with Gasteiger partial charge in [-0.05, 0) is 70.3 Å². The Bertz CT molecular complexity index is 1820. The van der Waals surface area contributed by atoms with Crippen LogP contribution in [0.3, 0.4) is 0 Å². The van der Waals surface area contributed by atoms with Crippen molar-refractivity contribution >= 4 is 21.9 Å². The van der Waals surface area contributed by atoms with Crippen LogP contribution < -0.4 is 4.57 Å². The van der Waals surface area contributed by atoms with Crippen molar-refractivity contribution in [2.24, 2.45) is 12.5 Å². The van der Waals surface area contributed by atoms with Gasteiger partial charge in [0.05, 0.1) is 10.9 Å². The van der Waals surface area contributed by atoms with E-state index >= 15 is 4.39 Å². The van der Waals surface area contributed by atoms with Crippen LogP contribution in [0.15, 0.2) is 102 Å². The van der Waals surface area contributed by atoms with Crippen LogP contribution in [-0.2, 0) is 13.5 Å². The number of rotatable bonds is 4. The van der Waals surface area contributed by atoms with E-state index in [4.69, 9.17) is 4.42 Å². The summed E-state index contributed by atoms with van der Waals surface area (Å²) in [4.78, 5) is 0. The van der Waals surface area contributed by atoms with Gasteiger partial charge in [0.25, 0.3) is 0 Å². The fourth-order valence-electron chi connectivity index (χ4n) is 5.59. The molecule has 0 N–H and O–H groups in total. The highest BCUT2D eigenvalue weighted by Crippen LogP contribution is 2.40. The minimum atomic E-state index is -0.251. The summed E-state index contributed by atoms with van der Waals surface area (Å²) in [5, 5.41) is 1.33. The summed E-state index contributed by atoms with van der Waals surface area (Å²) in [7, 11) is 2.03. The monoisotopic (exact) mass is 514 g/mol. The van der Waals surface area contributed by atoms with E-state index in [9.17, 15) is 0 Å². The number of hydrogen-bond donors (Lipinski definition) is 0. The molecule has 0 aliphatic carbocycles. The molecular formula is C36H33FNO+. The molecule has 2 nitrogen and oxygen atoms in total. The van der Waals surface area contributed by atoms with Crippen LogP contribution in [0.1, 0.15) is 31.9 Å². The van der Waals surface area contributed by atoms with Gasteiger partial charge in [-0.1, -0.05) is 81.4 Å². The molecule has 0 fully saturated rings. The fourth-order valence-corrected chi connectivity index (χ4v) is 5.59. The van der Waals surface area contributed by atoms with Gasteiger partial charge >= 0.3 is 0 Å². The van der Waals surface area contributed by atoms with Gasteiger partial charge in [-0.25, -0.2) is 8.96 Å². The Morgan fingerprint density at radius 2 is 1.41 bits per heavy atom. The van der Waals surface area contributed by atoms with E-state index in [1.165, 1.54) is 16.7 Å². The lowest BCUT2D eigenvalue weighted by Gasteiger charge is -2.18. The van der Waals surface area contributed by atoms with Crippen molar-refractivity contribution < 1.29 is 13.4 Å². The summed E-state index contributed by atoms with van der Waals surface area (Å²) >= 11 is 0. The molecule has 0 amide bonds. The number of hydrogen-bond acceptors (Lipinski definition) is 1. The van der Waals surface area contributed by atoms with E-state index in [0.29, 0.717) is 16.6 Å². The topological polar surface area (TPSA) is 17.0 Å². The Morgan fingerprint density at radius 1 is 0.769 bits per heavy atom. The Balaban J connectivity index is 1.48. The SMILES string of the molecule is Cc1cc(F)c2c(oc3cc(-c4ccc(-c5ccccc5)cc4)ccc32)c1-c1cc(CC(C)(C)C)cc[n+]1C. The second-order valence-corrected chi connectivity index (χ2v) is 11.8. The number of aryl methyl sites for hydroxylation is 2. The first kappa shape index (κ1) is 25.1. The van der Waals surface area contributed by atoms with Gasteiger partial charge in [-0.15, -0.1) is 0 Å². The fraction of sp³-hybridized carbons (Fsp3) is 0.194. The lowest BCUT2D eigenvalue weighted by molar-refractivity contribution is -0.660. The van der Waals surface area contributed by atoms with E-state index in [0.717, 1.165) is 39.8 Å². The van der Waals surface area contributed by atoms with E-state index in [1.807, 2.05) is 32.2 Å². The van der Waals surface area contributed by atoms with Crippen molar-refractivity contribution in [1.82, 2.24) is 0 Å². The third-order valence-electron chi connectivity index (χ3n) is 7.42. The Kier molecular flexibility index (Phi) is 6.10. The first-order valence-electron chi connectivity index (χ1n) is 13.5. The van der Waals surface area contributed by atoms with Gasteiger partial charge in [-0.3, -0.25) is 0 Å². The van der Waals surface area contributed by atoms with E-state index in [-0.39, 0.29) is 11.2 Å². The van der Waals surface area contributed by atoms with Crippen LogP contribution in [-0.4, -0.2) is 0 Å². The molecule has 0 aliphatic heterocycles. The van der Waals surface area contributed by atoms with Crippen LogP contribution in [0, 0.1) is 18.2 Å². The minimum Gasteiger partial charge on any atom is -0.455 e. The molecule has 0 aliphatic rings. The summed E-state index contributed by atoms with van der Waals surface area (Å²) in [5.41, 5.74) is 10.0. The molecule has 0 saturated heterocycles. The minimum absolute atomic E-state index is 0.166. The summed E-state index contributed by atoms with van der Waals surface area (Å²) in [5.74, 6) is -0.251. The van der Waals surface area contributed by atoms with E-state index in [1.54, 1.807) is 6.07 Å². The highest BCUT2D eigenvalue weighted by Gasteiger charge is 2.25. The Labute approximate surface area is 229 Å². The van der Waals surface area contributed by atoms with Crippen LogP contribution in [0.5, 0.6) is 0 Å². The maximum atomic E-state index is 15.5. The molecule has 0 atom stereocenters. The third-order valence-corrected chi connectivity index (χ3v) is 7.42. The molecule has 2 aromatic heterocycles. The molecule has 0 spiro atoms. The quantitative estimate of drug-likeness (QED) is 0.214. The predicted molar refractivity (Wildman–Crippen MR) is 159 cm³/mol. The average molecular weight is 515 g/mol. The lowest BCUT2D eigenvalue weighted by atomic mass is 9.87. The zero-order valence-electron chi connectivity index (χ0n) is 23.2. The average Bonchev–Trinajstić information content (AvgIpc) is 3.29. The zero-order valence-corrected chi connectivity index (χ0v) is 23.2. The van der Waals surface area contributed by atoms with E-state index < -0.39 is 0 Å². The second kappa shape index (κ2) is 9.50. The highest BCUT2D eigenvalue weighted by atomic mass is 19.1. The molecule has 194 valence electrons. The summed E-state index contributed by atoms with van der Waals surface area (Å²) in [6.45, 7) is 8.69. The van der Waals surface area contributed by atoms with Crippen LogP contribution in [0.4, 0.5) is 4.39 Å². The molecule has 0 unspecified atom stereocenters. The van der Waals surface area contributed by atoms with Gasteiger partial charge in [0.2, 0.25) is 5.69 Å². The third kappa shape index (κ3) is 4.74. The van der Waals surface area contributed by atoms with Crippen molar-refractivity contribution in [2.75, 3.05) is 0 Å². The van der Waals surface area contributed by atoms with Crippen LogP contribution >= 0.6 is 0 Å². The van der Waals surface area contributed by atoms with Gasteiger partial charge < -0.3 is 4.42 Å². The van der Waals surface area contributed by atoms with Crippen molar-refractivity contribution in [2.45, 2.75) is 34.1 Å². The smallest absolute Gasteiger partial charge is 0.216 e. The largest absolute Gasteiger partial charge is 0.455 e. The summed E-state index contributed by atoms with van der Waals surface area (Å²) in [6.07, 6.45) is 3.04. The number of benzene rings is 4. The standard InChI is InChI=1S/C36H33FNO/c1-23-19-30(37)34-29-16-15-28(27-13-11-26(12-14-27)25-9-7-6-8-10-25)21-32(29)39-35(34)33(23)31-20-24(17-18-38(31)5)22-36(2,3)4/h6-21H,22H2,1-5H3/q+1. The number of halogens is 1. The van der Waals surface area contributed by atoms with Gasteiger partial charge in [0, 0.05) is 17.5 Å². The first-order valence-corrected chi connectivity index (χ1v) is 13.5. The molecule has 0 bridgehead atoms. The Hall–Kier alpha value is -4.24. The van der Waals surface area contributed by atoms with Gasteiger partial charge in [0.15, 0.2) is 11.8 Å². The first-order chi connectivity index (χ1) is 18.7. The summed E-state index contributed by atoms with van der Waals surface area (Å²) in [6, 6.07) is 31.0. The van der Waals surface area contributed by atoms with Gasteiger partial charge in [-0.2, -0.15) is 0 Å². The number of pyridine rings is 1. The Morgan fingerprint density at radius 3 is 2.10 bits per heavy atom. The normalized spacial score (nSPS) is 11.9. The molecule has 0 saturated carbocycles. The molecule has 39 heavy (non-hydrogen) atoms. The number of furan rings is 1. The molecule has 6 rings (SSSR count). The van der Waals surface area contributed by atoms with Crippen molar-refractivity contribution in [3.63, 3.8) is 0 Å². The van der Waals surface area contributed by atoms with Crippen LogP contribution in [0.2, 0.25) is 0 Å². The maximum absolute atomic E-state index is 15.5. The van der Waals surface area contributed by atoms with Gasteiger partial charge in [0.1, 0.15) is 18.4 Å². The lowest BCUT2D eigenvalue weighted by Crippen LogP contribution is -2.31. The molecule has 2 heterocycles. The summed E-state index contributed by atoms with van der Waals surface area (Å²) < 4.78 is 24.1. The predicted octanol–water partition coefficient (Wildman–Crippen LogP) is 9.45.